The highest BCUT2D eigenvalue weighted by Gasteiger charge is 2.05. The Labute approximate surface area is 121 Å². The largest absolute Gasteiger partial charge is 0.466 e. The molecular weight excluding hydrogens is 272 g/mol. The summed E-state index contributed by atoms with van der Waals surface area (Å²) in [6.45, 7) is 1.88. The molecule has 0 unspecified atom stereocenters. The molecule has 0 spiro atoms. The highest BCUT2D eigenvalue weighted by Crippen LogP contribution is 2.19. The Bertz CT molecular complexity index is 626. The van der Waals surface area contributed by atoms with E-state index in [1.807, 2.05) is 24.5 Å². The van der Waals surface area contributed by atoms with E-state index in [0.29, 0.717) is 12.8 Å². The lowest BCUT2D eigenvalue weighted by Gasteiger charge is -2.04. The molecule has 0 aliphatic rings. The topological polar surface area (TPSA) is 66.0 Å². The molecule has 0 atom stereocenters. The molecule has 0 saturated carbocycles. The highest BCUT2D eigenvalue weighted by molar-refractivity contribution is 8.03. The number of hydrogen-bond acceptors (Lipinski definition) is 4. The lowest BCUT2D eigenvalue weighted by atomic mass is 10.2. The Balaban J connectivity index is 1.83. The number of benzene rings is 1. The van der Waals surface area contributed by atoms with Crippen LogP contribution in [0.15, 0.2) is 45.7 Å². The van der Waals surface area contributed by atoms with Gasteiger partial charge in [0.1, 0.15) is 16.9 Å². The van der Waals surface area contributed by atoms with Crippen molar-refractivity contribution in [1.29, 1.82) is 5.26 Å². The first-order valence-electron chi connectivity index (χ1n) is 6.18. The van der Waals surface area contributed by atoms with E-state index in [1.165, 1.54) is 0 Å². The zero-order chi connectivity index (χ0) is 14.4. The van der Waals surface area contributed by atoms with E-state index in [2.05, 4.69) is 5.32 Å². The average molecular weight is 286 g/mol. The number of carbonyl (C=O) groups is 1. The minimum atomic E-state index is -0.0558. The van der Waals surface area contributed by atoms with Crippen LogP contribution in [0.1, 0.15) is 17.9 Å². The molecule has 102 valence electrons. The van der Waals surface area contributed by atoms with Gasteiger partial charge in [0.2, 0.25) is 5.91 Å². The van der Waals surface area contributed by atoms with Gasteiger partial charge in [-0.05, 0) is 55.1 Å². The maximum Gasteiger partial charge on any atom is 0.224 e. The number of nitriles is 1. The normalized spacial score (nSPS) is 10.0. The number of hydrogen-bond donors (Lipinski definition) is 1. The van der Waals surface area contributed by atoms with Crippen molar-refractivity contribution in [3.05, 3.63) is 47.9 Å². The first-order chi connectivity index (χ1) is 9.67. The van der Waals surface area contributed by atoms with Gasteiger partial charge in [0.15, 0.2) is 0 Å². The molecule has 4 nitrogen and oxygen atoms in total. The van der Waals surface area contributed by atoms with E-state index in [0.717, 1.165) is 33.9 Å². The number of furan rings is 1. The summed E-state index contributed by atoms with van der Waals surface area (Å²) in [5.74, 6) is 1.61. The third-order valence-electron chi connectivity index (χ3n) is 2.70. The molecule has 20 heavy (non-hydrogen) atoms. The Kier molecular flexibility index (Phi) is 4.85. The van der Waals surface area contributed by atoms with E-state index in [-0.39, 0.29) is 5.91 Å². The quantitative estimate of drug-likeness (QED) is 0.671. The van der Waals surface area contributed by atoms with Gasteiger partial charge in [0, 0.05) is 23.4 Å². The molecule has 2 rings (SSSR count). The van der Waals surface area contributed by atoms with Crippen molar-refractivity contribution in [2.75, 3.05) is 5.32 Å². The lowest BCUT2D eigenvalue weighted by molar-refractivity contribution is -0.116. The molecule has 1 N–H and O–H groups in total. The molecule has 1 amide bonds. The number of rotatable bonds is 5. The van der Waals surface area contributed by atoms with Crippen LogP contribution in [0.5, 0.6) is 0 Å². The van der Waals surface area contributed by atoms with Crippen molar-refractivity contribution in [1.82, 2.24) is 0 Å². The monoisotopic (exact) mass is 286 g/mol. The van der Waals surface area contributed by atoms with Crippen LogP contribution in [0.2, 0.25) is 0 Å². The van der Waals surface area contributed by atoms with Gasteiger partial charge in [0.05, 0.1) is 0 Å². The van der Waals surface area contributed by atoms with Crippen LogP contribution >= 0.6 is 11.8 Å². The molecule has 5 heteroatoms. The van der Waals surface area contributed by atoms with Crippen LogP contribution in [0.3, 0.4) is 0 Å². The summed E-state index contributed by atoms with van der Waals surface area (Å²) in [5, 5.41) is 13.4. The highest BCUT2D eigenvalue weighted by atomic mass is 32.2. The van der Waals surface area contributed by atoms with E-state index < -0.39 is 0 Å². The van der Waals surface area contributed by atoms with Gasteiger partial charge in [-0.3, -0.25) is 4.79 Å². The lowest BCUT2D eigenvalue weighted by Crippen LogP contribution is -2.12. The SMILES string of the molecule is Cc1ccc(CCC(=O)Nc2ccc(SC#N)cc2)o1. The molecule has 2 aromatic rings. The Morgan fingerprint density at radius 2 is 2.05 bits per heavy atom. The molecule has 0 bridgehead atoms. The first kappa shape index (κ1) is 14.2. The predicted octanol–water partition coefficient (Wildman–Crippen LogP) is 3.73. The second-order valence-corrected chi connectivity index (χ2v) is 5.14. The summed E-state index contributed by atoms with van der Waals surface area (Å²) in [4.78, 5) is 12.7. The van der Waals surface area contributed by atoms with Crippen molar-refractivity contribution < 1.29 is 9.21 Å². The second kappa shape index (κ2) is 6.83. The summed E-state index contributed by atoms with van der Waals surface area (Å²) in [6, 6.07) is 11.0. The number of nitrogens with zero attached hydrogens (tertiary/aromatic N) is 1. The van der Waals surface area contributed by atoms with Crippen LogP contribution < -0.4 is 5.32 Å². The summed E-state index contributed by atoms with van der Waals surface area (Å²) >= 11 is 1.09. The molecule has 0 saturated heterocycles. The van der Waals surface area contributed by atoms with Gasteiger partial charge in [-0.25, -0.2) is 0 Å². The molecule has 1 aromatic heterocycles. The maximum absolute atomic E-state index is 11.8. The zero-order valence-electron chi connectivity index (χ0n) is 11.1. The van der Waals surface area contributed by atoms with E-state index in [1.54, 1.807) is 24.3 Å². The van der Waals surface area contributed by atoms with Crippen molar-refractivity contribution in [2.24, 2.45) is 0 Å². The third-order valence-corrected chi connectivity index (χ3v) is 3.30. The third kappa shape index (κ3) is 4.18. The Hall–Kier alpha value is -2.19. The maximum atomic E-state index is 11.8. The fourth-order valence-corrected chi connectivity index (χ4v) is 2.12. The van der Waals surface area contributed by atoms with Crippen molar-refractivity contribution in [2.45, 2.75) is 24.7 Å². The Morgan fingerprint density at radius 1 is 1.30 bits per heavy atom. The number of aryl methyl sites for hydroxylation is 2. The molecule has 0 radical (unpaired) electrons. The summed E-state index contributed by atoms with van der Waals surface area (Å²) < 4.78 is 5.41. The molecular formula is C15H14N2O2S. The average Bonchev–Trinajstić information content (AvgIpc) is 2.85. The number of nitrogens with one attached hydrogen (secondary N) is 1. The van der Waals surface area contributed by atoms with Crippen LogP contribution in [0, 0.1) is 17.6 Å². The van der Waals surface area contributed by atoms with Gasteiger partial charge in [-0.1, -0.05) is 0 Å². The van der Waals surface area contributed by atoms with Crippen LogP contribution in [-0.4, -0.2) is 5.91 Å². The summed E-state index contributed by atoms with van der Waals surface area (Å²) in [7, 11) is 0. The summed E-state index contributed by atoms with van der Waals surface area (Å²) in [5.41, 5.74) is 0.730. The number of thiocyanates is 1. The predicted molar refractivity (Wildman–Crippen MR) is 78.3 cm³/mol. The fraction of sp³-hybridized carbons (Fsp3) is 0.200. The van der Waals surface area contributed by atoms with Gasteiger partial charge in [-0.2, -0.15) is 5.26 Å². The van der Waals surface area contributed by atoms with E-state index in [9.17, 15) is 4.79 Å². The first-order valence-corrected chi connectivity index (χ1v) is 7.00. The molecule has 0 aliphatic heterocycles. The minimum Gasteiger partial charge on any atom is -0.466 e. The number of carbonyl (C=O) groups excluding carboxylic acids is 1. The molecule has 1 aromatic carbocycles. The fourth-order valence-electron chi connectivity index (χ4n) is 1.74. The molecule has 0 fully saturated rings. The number of thioether (sulfide) groups is 1. The van der Waals surface area contributed by atoms with Crippen molar-refractivity contribution >= 4 is 23.4 Å². The van der Waals surface area contributed by atoms with E-state index in [4.69, 9.17) is 9.68 Å². The molecule has 0 aliphatic carbocycles. The van der Waals surface area contributed by atoms with Gasteiger partial charge in [0.25, 0.3) is 0 Å². The molecule has 1 heterocycles. The van der Waals surface area contributed by atoms with Gasteiger partial charge < -0.3 is 9.73 Å². The smallest absolute Gasteiger partial charge is 0.224 e. The number of anilines is 1. The standard InChI is InChI=1S/C15H14N2O2S/c1-11-2-5-13(19-11)6-9-15(18)17-12-3-7-14(8-4-12)20-10-16/h2-5,7-8H,6,9H2,1H3,(H,17,18). The van der Waals surface area contributed by atoms with Crippen LogP contribution in [0.25, 0.3) is 0 Å². The van der Waals surface area contributed by atoms with Gasteiger partial charge >= 0.3 is 0 Å². The van der Waals surface area contributed by atoms with E-state index >= 15 is 0 Å². The zero-order valence-corrected chi connectivity index (χ0v) is 11.9. The number of amides is 1. The van der Waals surface area contributed by atoms with Gasteiger partial charge in [-0.15, -0.1) is 0 Å². The Morgan fingerprint density at radius 3 is 2.65 bits per heavy atom. The van der Waals surface area contributed by atoms with Crippen molar-refractivity contribution in [3.63, 3.8) is 0 Å². The van der Waals surface area contributed by atoms with Crippen LogP contribution in [-0.2, 0) is 11.2 Å². The second-order valence-electron chi connectivity index (χ2n) is 4.28. The van der Waals surface area contributed by atoms with Crippen molar-refractivity contribution in [3.8, 4) is 5.40 Å². The minimum absolute atomic E-state index is 0.0558. The van der Waals surface area contributed by atoms with Crippen LogP contribution in [0.4, 0.5) is 5.69 Å². The summed E-state index contributed by atoms with van der Waals surface area (Å²) in [6.07, 6.45) is 0.962.